The van der Waals surface area contributed by atoms with Gasteiger partial charge in [0.1, 0.15) is 17.1 Å². The van der Waals surface area contributed by atoms with E-state index in [4.69, 9.17) is 28.6 Å². The van der Waals surface area contributed by atoms with Gasteiger partial charge in [0.15, 0.2) is 5.11 Å². The molecule has 2 aliphatic rings. The molecule has 0 radical (unpaired) electrons. The molecule has 1 aromatic carbocycles. The first kappa shape index (κ1) is 14.9. The SMILES string of the molecule is COc1ccc(Cl)cc1N1NC2(CCC(C)CC2)NC1=S. The number of nitrogens with zero attached hydrogens (tertiary/aromatic N) is 1. The van der Waals surface area contributed by atoms with Crippen LogP contribution in [0.4, 0.5) is 5.69 Å². The van der Waals surface area contributed by atoms with Crippen LogP contribution >= 0.6 is 23.8 Å². The molecule has 114 valence electrons. The molecule has 1 aliphatic heterocycles. The van der Waals surface area contributed by atoms with Crippen LogP contribution in [0, 0.1) is 5.92 Å². The summed E-state index contributed by atoms with van der Waals surface area (Å²) in [5, 5.41) is 6.67. The molecule has 2 N–H and O–H groups in total. The highest BCUT2D eigenvalue weighted by molar-refractivity contribution is 7.80. The van der Waals surface area contributed by atoms with E-state index >= 15 is 0 Å². The molecule has 1 aromatic rings. The number of hydrogen-bond acceptors (Lipinski definition) is 3. The number of methoxy groups -OCH3 is 1. The van der Waals surface area contributed by atoms with E-state index in [9.17, 15) is 0 Å². The molecule has 3 rings (SSSR count). The van der Waals surface area contributed by atoms with Crippen molar-refractivity contribution in [3.63, 3.8) is 0 Å². The number of rotatable bonds is 2. The van der Waals surface area contributed by atoms with Crippen LogP contribution in [0.15, 0.2) is 18.2 Å². The monoisotopic (exact) mass is 325 g/mol. The lowest BCUT2D eigenvalue weighted by atomic mass is 9.83. The summed E-state index contributed by atoms with van der Waals surface area (Å²) in [6.07, 6.45) is 4.52. The van der Waals surface area contributed by atoms with E-state index in [0.29, 0.717) is 10.1 Å². The van der Waals surface area contributed by atoms with Crippen LogP contribution in [-0.2, 0) is 0 Å². The van der Waals surface area contributed by atoms with Crippen LogP contribution < -0.4 is 20.5 Å². The van der Waals surface area contributed by atoms with Crippen LogP contribution in [-0.4, -0.2) is 17.9 Å². The van der Waals surface area contributed by atoms with Crippen molar-refractivity contribution >= 4 is 34.6 Å². The average molecular weight is 326 g/mol. The number of hydrogen-bond donors (Lipinski definition) is 2. The molecule has 0 unspecified atom stereocenters. The summed E-state index contributed by atoms with van der Waals surface area (Å²) in [5.74, 6) is 1.53. The van der Waals surface area contributed by atoms with Crippen molar-refractivity contribution < 1.29 is 4.74 Å². The zero-order valence-electron chi connectivity index (χ0n) is 12.3. The van der Waals surface area contributed by atoms with Crippen LogP contribution in [0.1, 0.15) is 32.6 Å². The first-order chi connectivity index (χ1) is 10.0. The predicted octanol–water partition coefficient (Wildman–Crippen LogP) is 3.45. The third-order valence-corrected chi connectivity index (χ3v) is 4.90. The van der Waals surface area contributed by atoms with Crippen molar-refractivity contribution in [2.75, 3.05) is 12.1 Å². The second-order valence-corrected chi connectivity index (χ2v) is 6.78. The van der Waals surface area contributed by atoms with E-state index in [2.05, 4.69) is 17.7 Å². The molecule has 0 amide bonds. The number of hydrazine groups is 1. The third-order valence-electron chi connectivity index (χ3n) is 4.38. The van der Waals surface area contributed by atoms with Gasteiger partial charge in [-0.3, -0.25) is 0 Å². The molecular formula is C15H20ClN3OS. The maximum absolute atomic E-state index is 6.12. The van der Waals surface area contributed by atoms with E-state index in [0.717, 1.165) is 30.2 Å². The molecule has 1 spiro atoms. The molecule has 1 saturated carbocycles. The molecule has 4 nitrogen and oxygen atoms in total. The van der Waals surface area contributed by atoms with Gasteiger partial charge in [0.2, 0.25) is 0 Å². The molecule has 1 heterocycles. The molecule has 2 fully saturated rings. The lowest BCUT2D eigenvalue weighted by Gasteiger charge is -2.36. The Bertz CT molecular complexity index is 558. The summed E-state index contributed by atoms with van der Waals surface area (Å²) in [6, 6.07) is 5.54. The van der Waals surface area contributed by atoms with Gasteiger partial charge in [-0.1, -0.05) is 18.5 Å². The van der Waals surface area contributed by atoms with Gasteiger partial charge in [-0.15, -0.1) is 0 Å². The van der Waals surface area contributed by atoms with Crippen molar-refractivity contribution in [1.82, 2.24) is 10.7 Å². The molecule has 1 saturated heterocycles. The predicted molar refractivity (Wildman–Crippen MR) is 89.7 cm³/mol. The van der Waals surface area contributed by atoms with E-state index in [1.807, 2.05) is 23.2 Å². The first-order valence-electron chi connectivity index (χ1n) is 7.27. The maximum atomic E-state index is 6.12. The van der Waals surface area contributed by atoms with Crippen molar-refractivity contribution in [3.05, 3.63) is 23.2 Å². The zero-order valence-corrected chi connectivity index (χ0v) is 13.9. The normalized spacial score (nSPS) is 28.8. The van der Waals surface area contributed by atoms with Crippen LogP contribution in [0.3, 0.4) is 0 Å². The van der Waals surface area contributed by atoms with Gasteiger partial charge in [0.05, 0.1) is 7.11 Å². The number of benzene rings is 1. The Hall–Kier alpha value is -1.04. The highest BCUT2D eigenvalue weighted by atomic mass is 35.5. The van der Waals surface area contributed by atoms with Crippen LogP contribution in [0.2, 0.25) is 5.02 Å². The maximum Gasteiger partial charge on any atom is 0.189 e. The summed E-state index contributed by atoms with van der Waals surface area (Å²) < 4.78 is 5.43. The molecule has 1 aliphatic carbocycles. The van der Waals surface area contributed by atoms with Gasteiger partial charge >= 0.3 is 0 Å². The van der Waals surface area contributed by atoms with Crippen LogP contribution in [0.5, 0.6) is 5.75 Å². The average Bonchev–Trinajstić information content (AvgIpc) is 2.79. The minimum atomic E-state index is -0.128. The lowest BCUT2D eigenvalue weighted by Crippen LogP contribution is -2.53. The number of thiocarbonyl (C=S) groups is 1. The molecule has 0 atom stereocenters. The second kappa shape index (κ2) is 5.63. The van der Waals surface area contributed by atoms with E-state index in [1.165, 1.54) is 12.8 Å². The van der Waals surface area contributed by atoms with Gasteiger partial charge in [-0.05, 0) is 62.0 Å². The standard InChI is InChI=1S/C15H20ClN3OS/c1-10-5-7-15(8-6-10)17-14(21)19(18-15)12-9-11(16)3-4-13(12)20-2/h3-4,9-10,18H,5-8H2,1-2H3,(H,17,21). The Morgan fingerprint density at radius 3 is 2.76 bits per heavy atom. The Morgan fingerprint density at radius 2 is 2.10 bits per heavy atom. The number of ether oxygens (including phenoxy) is 1. The summed E-state index contributed by atoms with van der Waals surface area (Å²) in [7, 11) is 1.65. The summed E-state index contributed by atoms with van der Waals surface area (Å²) in [6.45, 7) is 2.30. The number of halogens is 1. The minimum absolute atomic E-state index is 0.128. The molecule has 0 aromatic heterocycles. The Morgan fingerprint density at radius 1 is 1.38 bits per heavy atom. The molecule has 21 heavy (non-hydrogen) atoms. The van der Waals surface area contributed by atoms with Gasteiger partial charge in [0.25, 0.3) is 0 Å². The Balaban J connectivity index is 1.87. The Labute approximate surface area is 135 Å². The highest BCUT2D eigenvalue weighted by Gasteiger charge is 2.43. The minimum Gasteiger partial charge on any atom is -0.495 e. The largest absolute Gasteiger partial charge is 0.495 e. The first-order valence-corrected chi connectivity index (χ1v) is 8.05. The van der Waals surface area contributed by atoms with Crippen molar-refractivity contribution in [3.8, 4) is 5.75 Å². The summed E-state index contributed by atoms with van der Waals surface area (Å²) in [4.78, 5) is 0. The number of nitrogens with one attached hydrogen (secondary N) is 2. The fourth-order valence-corrected chi connectivity index (χ4v) is 3.56. The second-order valence-electron chi connectivity index (χ2n) is 5.96. The highest BCUT2D eigenvalue weighted by Crippen LogP contribution is 2.37. The quantitative estimate of drug-likeness (QED) is 0.814. The fraction of sp³-hybridized carbons (Fsp3) is 0.533. The smallest absolute Gasteiger partial charge is 0.189 e. The van der Waals surface area contributed by atoms with Crippen molar-refractivity contribution in [1.29, 1.82) is 0 Å². The van der Waals surface area contributed by atoms with Crippen LogP contribution in [0.25, 0.3) is 0 Å². The Kier molecular flexibility index (Phi) is 3.99. The van der Waals surface area contributed by atoms with Gasteiger partial charge < -0.3 is 10.1 Å². The van der Waals surface area contributed by atoms with Crippen molar-refractivity contribution in [2.45, 2.75) is 38.3 Å². The molecular weight excluding hydrogens is 306 g/mol. The topological polar surface area (TPSA) is 36.5 Å². The van der Waals surface area contributed by atoms with E-state index in [-0.39, 0.29) is 5.66 Å². The van der Waals surface area contributed by atoms with E-state index < -0.39 is 0 Å². The van der Waals surface area contributed by atoms with Crippen molar-refractivity contribution in [2.24, 2.45) is 5.92 Å². The fourth-order valence-electron chi connectivity index (χ4n) is 3.05. The van der Waals surface area contributed by atoms with Gasteiger partial charge in [-0.2, -0.15) is 0 Å². The lowest BCUT2D eigenvalue weighted by molar-refractivity contribution is 0.200. The third kappa shape index (κ3) is 2.82. The molecule has 0 bridgehead atoms. The molecule has 6 heteroatoms. The van der Waals surface area contributed by atoms with Gasteiger partial charge in [-0.25, -0.2) is 10.4 Å². The van der Waals surface area contributed by atoms with Gasteiger partial charge in [0, 0.05) is 5.02 Å². The van der Waals surface area contributed by atoms with E-state index in [1.54, 1.807) is 7.11 Å². The number of anilines is 1. The zero-order chi connectivity index (χ0) is 15.0. The summed E-state index contributed by atoms with van der Waals surface area (Å²) >= 11 is 11.6. The summed E-state index contributed by atoms with van der Waals surface area (Å²) in [5.41, 5.74) is 4.25.